The number of anilines is 2. The fourth-order valence-corrected chi connectivity index (χ4v) is 5.44. The normalized spacial score (nSPS) is 13.5. The standard InChI is InChI=1S/C36H43FN6O3/c1-25-21-29(16-17-38-25)46-28-14-15-31(30(37)23-28)39-35(45)40-34-24-33(36(2,3)4)41-43(34)27-12-10-11-26(22-27)32(44)13-6-5-7-18-42-19-8-9-20-42/h10-12,14-17,21-24H,5-9,13,18-20H2,1-4H3,(H2,39,40,45). The van der Waals surface area contributed by atoms with Crippen molar-refractivity contribution >= 4 is 23.3 Å². The molecular weight excluding hydrogens is 583 g/mol. The van der Waals surface area contributed by atoms with Crippen molar-refractivity contribution in [2.75, 3.05) is 30.3 Å². The quantitative estimate of drug-likeness (QED) is 0.121. The predicted octanol–water partition coefficient (Wildman–Crippen LogP) is 8.29. The van der Waals surface area contributed by atoms with Gasteiger partial charge in [0, 0.05) is 47.5 Å². The van der Waals surface area contributed by atoms with E-state index in [9.17, 15) is 14.0 Å². The molecule has 3 heterocycles. The first kappa shape index (κ1) is 32.8. The van der Waals surface area contributed by atoms with Gasteiger partial charge in [-0.05, 0) is 82.6 Å². The zero-order valence-electron chi connectivity index (χ0n) is 27.1. The average molecular weight is 627 g/mol. The van der Waals surface area contributed by atoms with E-state index < -0.39 is 11.8 Å². The molecule has 1 fully saturated rings. The molecule has 9 nitrogen and oxygen atoms in total. The number of likely N-dealkylation sites (tertiary alicyclic amines) is 1. The third kappa shape index (κ3) is 8.78. The van der Waals surface area contributed by atoms with Crippen molar-refractivity contribution in [1.82, 2.24) is 19.7 Å². The van der Waals surface area contributed by atoms with Crippen LogP contribution in [0.15, 0.2) is 66.9 Å². The van der Waals surface area contributed by atoms with Crippen molar-refractivity contribution in [3.63, 3.8) is 0 Å². The van der Waals surface area contributed by atoms with Crippen LogP contribution in [-0.4, -0.2) is 51.1 Å². The van der Waals surface area contributed by atoms with E-state index in [4.69, 9.17) is 9.84 Å². The number of aromatic nitrogens is 3. The Balaban J connectivity index is 1.25. The minimum atomic E-state index is -0.649. The molecule has 2 aromatic heterocycles. The van der Waals surface area contributed by atoms with Crippen LogP contribution in [0.4, 0.5) is 20.7 Å². The van der Waals surface area contributed by atoms with Crippen molar-refractivity contribution < 1.29 is 18.7 Å². The third-order valence-corrected chi connectivity index (χ3v) is 8.00. The van der Waals surface area contributed by atoms with Crippen LogP contribution in [-0.2, 0) is 5.41 Å². The molecule has 2 N–H and O–H groups in total. The van der Waals surface area contributed by atoms with Crippen molar-refractivity contribution in [1.29, 1.82) is 0 Å². The summed E-state index contributed by atoms with van der Waals surface area (Å²) in [4.78, 5) is 32.8. The number of amides is 2. The Morgan fingerprint density at radius 2 is 1.72 bits per heavy atom. The van der Waals surface area contributed by atoms with Crippen molar-refractivity contribution in [3.8, 4) is 17.2 Å². The smallest absolute Gasteiger partial charge is 0.324 e. The lowest BCUT2D eigenvalue weighted by atomic mass is 9.92. The highest BCUT2D eigenvalue weighted by Gasteiger charge is 2.22. The number of ketones is 1. The number of unbranched alkanes of at least 4 members (excludes halogenated alkanes) is 2. The summed E-state index contributed by atoms with van der Waals surface area (Å²) in [6.45, 7) is 11.4. The Morgan fingerprint density at radius 3 is 2.46 bits per heavy atom. The number of nitrogens with one attached hydrogen (secondary N) is 2. The maximum atomic E-state index is 15.0. The van der Waals surface area contributed by atoms with Gasteiger partial charge in [-0.1, -0.05) is 39.3 Å². The topological polar surface area (TPSA) is 101 Å². The van der Waals surface area contributed by atoms with Gasteiger partial charge in [-0.15, -0.1) is 0 Å². The molecule has 242 valence electrons. The van der Waals surface area contributed by atoms with Crippen LogP contribution in [0, 0.1) is 12.7 Å². The lowest BCUT2D eigenvalue weighted by molar-refractivity contribution is 0.0978. The number of halogens is 1. The monoisotopic (exact) mass is 626 g/mol. The highest BCUT2D eigenvalue weighted by molar-refractivity contribution is 6.00. The lowest BCUT2D eigenvalue weighted by Crippen LogP contribution is -2.22. The molecule has 0 spiro atoms. The molecule has 1 aliphatic rings. The first-order chi connectivity index (χ1) is 22.0. The molecule has 2 aromatic carbocycles. The first-order valence-electron chi connectivity index (χ1n) is 16.0. The molecule has 0 atom stereocenters. The second kappa shape index (κ2) is 14.7. The number of Topliss-reactive ketones (excluding diaryl/α,β-unsaturated/α-hetero) is 1. The van der Waals surface area contributed by atoms with E-state index >= 15 is 0 Å². The summed E-state index contributed by atoms with van der Waals surface area (Å²) < 4.78 is 22.3. The Kier molecular flexibility index (Phi) is 10.5. The Hall–Kier alpha value is -4.57. The number of hydrogen-bond donors (Lipinski definition) is 2. The Labute approximate surface area is 270 Å². The molecule has 4 aromatic rings. The molecule has 0 radical (unpaired) electrons. The minimum Gasteiger partial charge on any atom is -0.457 e. The number of benzene rings is 2. The van der Waals surface area contributed by atoms with Crippen LogP contribution in [0.2, 0.25) is 0 Å². The Bertz CT molecular complexity index is 1670. The number of pyridine rings is 1. The second-order valence-corrected chi connectivity index (χ2v) is 12.9. The van der Waals surface area contributed by atoms with Crippen molar-refractivity contribution in [2.24, 2.45) is 0 Å². The van der Waals surface area contributed by atoms with Crippen LogP contribution >= 0.6 is 0 Å². The van der Waals surface area contributed by atoms with Gasteiger partial charge in [-0.3, -0.25) is 15.1 Å². The number of rotatable bonds is 12. The summed E-state index contributed by atoms with van der Waals surface area (Å²) in [6.07, 6.45) is 7.68. The van der Waals surface area contributed by atoms with E-state index in [0.717, 1.165) is 37.2 Å². The summed E-state index contributed by atoms with van der Waals surface area (Å²) in [5, 5.41) is 10.2. The van der Waals surface area contributed by atoms with Gasteiger partial charge >= 0.3 is 6.03 Å². The van der Waals surface area contributed by atoms with E-state index in [1.807, 2.05) is 45.9 Å². The zero-order valence-corrected chi connectivity index (χ0v) is 27.1. The van der Waals surface area contributed by atoms with Crippen LogP contribution in [0.25, 0.3) is 5.69 Å². The van der Waals surface area contributed by atoms with Gasteiger partial charge in [0.05, 0.1) is 17.1 Å². The molecule has 10 heteroatoms. The number of urea groups is 1. The first-order valence-corrected chi connectivity index (χ1v) is 16.0. The lowest BCUT2D eigenvalue weighted by Gasteiger charge is -2.14. The number of carbonyl (C=O) groups excluding carboxylic acids is 2. The fraction of sp³-hybridized carbons (Fsp3) is 0.389. The van der Waals surface area contributed by atoms with Crippen molar-refractivity contribution in [3.05, 3.63) is 89.6 Å². The Morgan fingerprint density at radius 1 is 0.935 bits per heavy atom. The number of nitrogens with zero attached hydrogens (tertiary/aromatic N) is 4. The fourth-order valence-electron chi connectivity index (χ4n) is 5.44. The largest absolute Gasteiger partial charge is 0.457 e. The molecule has 0 unspecified atom stereocenters. The summed E-state index contributed by atoms with van der Waals surface area (Å²) in [5.74, 6) is 0.651. The molecule has 0 aliphatic carbocycles. The van der Waals surface area contributed by atoms with E-state index in [2.05, 4.69) is 20.5 Å². The van der Waals surface area contributed by atoms with Crippen LogP contribution in [0.3, 0.4) is 0 Å². The maximum Gasteiger partial charge on any atom is 0.324 e. The molecule has 2 amide bonds. The summed E-state index contributed by atoms with van der Waals surface area (Å²) in [6, 6.07) is 16.1. The van der Waals surface area contributed by atoms with E-state index in [1.54, 1.807) is 41.2 Å². The highest BCUT2D eigenvalue weighted by atomic mass is 19.1. The second-order valence-electron chi connectivity index (χ2n) is 12.9. The summed E-state index contributed by atoms with van der Waals surface area (Å²) in [5.41, 5.74) is 2.45. The van der Waals surface area contributed by atoms with Gasteiger partial charge in [0.25, 0.3) is 0 Å². The summed E-state index contributed by atoms with van der Waals surface area (Å²) in [7, 11) is 0. The molecular formula is C36H43FN6O3. The van der Waals surface area contributed by atoms with E-state index in [-0.39, 0.29) is 16.9 Å². The number of aryl methyl sites for hydroxylation is 1. The van der Waals surface area contributed by atoms with E-state index in [1.165, 1.54) is 38.1 Å². The van der Waals surface area contributed by atoms with Gasteiger partial charge in [0.1, 0.15) is 23.1 Å². The van der Waals surface area contributed by atoms with Crippen LogP contribution in [0.5, 0.6) is 11.5 Å². The molecule has 1 saturated heterocycles. The number of ether oxygens (including phenoxy) is 1. The van der Waals surface area contributed by atoms with Gasteiger partial charge in [0.15, 0.2) is 5.78 Å². The third-order valence-electron chi connectivity index (χ3n) is 8.00. The van der Waals surface area contributed by atoms with E-state index in [0.29, 0.717) is 35.0 Å². The van der Waals surface area contributed by atoms with Gasteiger partial charge in [-0.25, -0.2) is 13.9 Å². The van der Waals surface area contributed by atoms with Gasteiger partial charge in [0.2, 0.25) is 0 Å². The zero-order chi connectivity index (χ0) is 32.7. The average Bonchev–Trinajstić information content (AvgIpc) is 3.69. The van der Waals surface area contributed by atoms with Gasteiger partial charge in [-0.2, -0.15) is 5.10 Å². The molecule has 46 heavy (non-hydrogen) atoms. The van der Waals surface area contributed by atoms with Crippen molar-refractivity contribution in [2.45, 2.75) is 71.6 Å². The molecule has 1 aliphatic heterocycles. The minimum absolute atomic E-state index is 0.00843. The SMILES string of the molecule is Cc1cc(Oc2ccc(NC(=O)Nc3cc(C(C)(C)C)nn3-c3cccc(C(=O)CCCCCN4CCCC4)c3)c(F)c2)ccn1. The molecule has 0 saturated carbocycles. The molecule has 5 rings (SSSR count). The summed E-state index contributed by atoms with van der Waals surface area (Å²) >= 11 is 0. The van der Waals surface area contributed by atoms with Crippen LogP contribution < -0.4 is 15.4 Å². The number of carbonyl (C=O) groups is 2. The van der Waals surface area contributed by atoms with Gasteiger partial charge < -0.3 is 15.0 Å². The predicted molar refractivity (Wildman–Crippen MR) is 179 cm³/mol. The highest BCUT2D eigenvalue weighted by Crippen LogP contribution is 2.29. The maximum absolute atomic E-state index is 15.0. The number of hydrogen-bond acceptors (Lipinski definition) is 6. The van der Waals surface area contributed by atoms with Crippen LogP contribution in [0.1, 0.15) is 81.0 Å². The molecule has 0 bridgehead atoms.